The van der Waals surface area contributed by atoms with Crippen molar-refractivity contribution in [1.29, 1.82) is 0 Å². The van der Waals surface area contributed by atoms with Gasteiger partial charge in [-0.25, -0.2) is 0 Å². The van der Waals surface area contributed by atoms with Crippen molar-refractivity contribution >= 4 is 41.5 Å². The number of para-hydroxylation sites is 1. The topological polar surface area (TPSA) is 57.2 Å². The summed E-state index contributed by atoms with van der Waals surface area (Å²) in [5, 5.41) is 3.21. The summed E-state index contributed by atoms with van der Waals surface area (Å²) in [6.07, 6.45) is 3.14. The van der Waals surface area contributed by atoms with Crippen molar-refractivity contribution in [2.24, 2.45) is 10.9 Å². The number of amides is 1. The second-order valence-electron chi connectivity index (χ2n) is 6.79. The molecule has 2 aliphatic rings. The van der Waals surface area contributed by atoms with E-state index in [-0.39, 0.29) is 36.4 Å². The van der Waals surface area contributed by atoms with Gasteiger partial charge in [0.05, 0.1) is 13.2 Å². The first-order valence-electron chi connectivity index (χ1n) is 9.07. The van der Waals surface area contributed by atoms with Crippen LogP contribution in [-0.4, -0.2) is 63.7 Å². The lowest BCUT2D eigenvalue weighted by atomic mass is 10.0. The minimum atomic E-state index is 0. The van der Waals surface area contributed by atoms with Crippen molar-refractivity contribution in [3.05, 3.63) is 29.8 Å². The maximum absolute atomic E-state index is 12.7. The predicted octanol–water partition coefficient (Wildman–Crippen LogP) is 2.13. The summed E-state index contributed by atoms with van der Waals surface area (Å²) in [5.41, 5.74) is 2.30. The van der Waals surface area contributed by atoms with Gasteiger partial charge in [-0.15, -0.1) is 24.0 Å². The van der Waals surface area contributed by atoms with Gasteiger partial charge >= 0.3 is 0 Å². The smallest absolute Gasteiger partial charge is 0.246 e. The highest BCUT2D eigenvalue weighted by atomic mass is 127. The Morgan fingerprint density at radius 1 is 1.42 bits per heavy atom. The molecule has 1 N–H and O–H groups in total. The molecule has 0 spiro atoms. The fraction of sp³-hybridized carbons (Fsp3) is 0.579. The number of hydrogen-bond donors (Lipinski definition) is 1. The van der Waals surface area contributed by atoms with Crippen molar-refractivity contribution in [2.45, 2.75) is 19.3 Å². The van der Waals surface area contributed by atoms with Crippen LogP contribution in [0.5, 0.6) is 0 Å². The molecule has 3 rings (SSSR count). The molecule has 1 aromatic carbocycles. The molecule has 1 unspecified atom stereocenters. The van der Waals surface area contributed by atoms with Crippen LogP contribution in [0.4, 0.5) is 5.69 Å². The summed E-state index contributed by atoms with van der Waals surface area (Å²) in [7, 11) is 3.76. The van der Waals surface area contributed by atoms with E-state index >= 15 is 0 Å². The number of ether oxygens (including phenoxy) is 1. The molecule has 0 radical (unpaired) electrons. The van der Waals surface area contributed by atoms with Crippen LogP contribution >= 0.6 is 24.0 Å². The summed E-state index contributed by atoms with van der Waals surface area (Å²) < 4.78 is 5.43. The lowest BCUT2D eigenvalue weighted by Crippen LogP contribution is -2.47. The third-order valence-electron chi connectivity index (χ3n) is 4.94. The van der Waals surface area contributed by atoms with E-state index in [9.17, 15) is 4.79 Å². The van der Waals surface area contributed by atoms with Gasteiger partial charge in [0.25, 0.3) is 0 Å². The number of carbonyl (C=O) groups is 1. The number of hydrogen-bond acceptors (Lipinski definition) is 3. The van der Waals surface area contributed by atoms with Crippen molar-refractivity contribution < 1.29 is 9.53 Å². The van der Waals surface area contributed by atoms with Gasteiger partial charge in [0.1, 0.15) is 0 Å². The number of guanidine groups is 1. The number of halogens is 1. The zero-order chi connectivity index (χ0) is 17.6. The maximum Gasteiger partial charge on any atom is 0.246 e. The van der Waals surface area contributed by atoms with Gasteiger partial charge in [0.15, 0.2) is 5.96 Å². The minimum Gasteiger partial charge on any atom is -0.381 e. The summed E-state index contributed by atoms with van der Waals surface area (Å²) in [5.74, 6) is 1.38. The Labute approximate surface area is 173 Å². The third kappa shape index (κ3) is 5.09. The van der Waals surface area contributed by atoms with Gasteiger partial charge in [-0.2, -0.15) is 0 Å². The Morgan fingerprint density at radius 2 is 2.23 bits per heavy atom. The quantitative estimate of drug-likeness (QED) is 0.415. The molecule has 6 nitrogen and oxygen atoms in total. The van der Waals surface area contributed by atoms with Crippen molar-refractivity contribution in [3.8, 4) is 0 Å². The number of nitrogens with zero attached hydrogens (tertiary/aromatic N) is 3. The number of anilines is 1. The first-order chi connectivity index (χ1) is 12.2. The molecule has 2 aliphatic heterocycles. The van der Waals surface area contributed by atoms with Crippen LogP contribution in [0.1, 0.15) is 18.4 Å². The molecule has 1 atom stereocenters. The van der Waals surface area contributed by atoms with E-state index in [2.05, 4.69) is 21.3 Å². The standard InChI is InChI=1S/C19H28N4O2.HI/c1-20-19(22(2)13-15-9-11-25-14-15)21-12-18(24)23-10-5-7-16-6-3-4-8-17(16)23;/h3-4,6,8,15H,5,7,9-14H2,1-2H3,(H,20,21);1H. The number of nitrogens with one attached hydrogen (secondary N) is 1. The van der Waals surface area contributed by atoms with Gasteiger partial charge in [-0.1, -0.05) is 18.2 Å². The molecule has 0 saturated carbocycles. The van der Waals surface area contributed by atoms with Gasteiger partial charge in [-0.3, -0.25) is 9.79 Å². The molecule has 144 valence electrons. The fourth-order valence-corrected chi connectivity index (χ4v) is 3.63. The molecular weight excluding hydrogens is 443 g/mol. The molecule has 2 heterocycles. The predicted molar refractivity (Wildman–Crippen MR) is 115 cm³/mol. The Hall–Kier alpha value is -1.35. The highest BCUT2D eigenvalue weighted by Crippen LogP contribution is 2.26. The number of fused-ring (bicyclic) bond motifs is 1. The SMILES string of the molecule is CN=C(NCC(=O)N1CCCc2ccccc21)N(C)CC1CCOC1.I. The zero-order valence-electron chi connectivity index (χ0n) is 15.6. The number of benzene rings is 1. The Balaban J connectivity index is 0.00000243. The van der Waals surface area contributed by atoms with Crippen LogP contribution < -0.4 is 10.2 Å². The van der Waals surface area contributed by atoms with Gasteiger partial charge < -0.3 is 19.9 Å². The zero-order valence-corrected chi connectivity index (χ0v) is 17.9. The lowest BCUT2D eigenvalue weighted by molar-refractivity contribution is -0.117. The molecule has 0 aromatic heterocycles. The average Bonchev–Trinajstić information content (AvgIpc) is 3.14. The number of aliphatic imine (C=N–C) groups is 1. The summed E-state index contributed by atoms with van der Waals surface area (Å²) in [6.45, 7) is 3.58. The molecule has 7 heteroatoms. The molecule has 1 fully saturated rings. The molecule has 0 bridgehead atoms. The van der Waals surface area contributed by atoms with Crippen LogP contribution in [0, 0.1) is 5.92 Å². The van der Waals surface area contributed by atoms with Crippen molar-refractivity contribution in [1.82, 2.24) is 10.2 Å². The van der Waals surface area contributed by atoms with E-state index in [1.54, 1.807) is 7.05 Å². The van der Waals surface area contributed by atoms with Crippen molar-refractivity contribution in [3.63, 3.8) is 0 Å². The number of carbonyl (C=O) groups excluding carboxylic acids is 1. The van der Waals surface area contributed by atoms with Crippen LogP contribution in [0.15, 0.2) is 29.3 Å². The second-order valence-corrected chi connectivity index (χ2v) is 6.79. The maximum atomic E-state index is 12.7. The van der Waals surface area contributed by atoms with Crippen LogP contribution in [0.3, 0.4) is 0 Å². The Morgan fingerprint density at radius 3 is 2.96 bits per heavy atom. The first kappa shape index (κ1) is 21.0. The molecule has 0 aliphatic carbocycles. The van der Waals surface area contributed by atoms with Gasteiger partial charge in [-0.05, 0) is 30.9 Å². The van der Waals surface area contributed by atoms with E-state index in [1.807, 2.05) is 30.1 Å². The number of aryl methyl sites for hydroxylation is 1. The normalized spacial score (nSPS) is 19.5. The first-order valence-corrected chi connectivity index (χ1v) is 9.07. The van der Waals surface area contributed by atoms with E-state index in [0.717, 1.165) is 57.2 Å². The van der Waals surface area contributed by atoms with Gasteiger partial charge in [0.2, 0.25) is 5.91 Å². The van der Waals surface area contributed by atoms with Crippen molar-refractivity contribution in [2.75, 3.05) is 51.8 Å². The van der Waals surface area contributed by atoms with E-state index in [0.29, 0.717) is 5.92 Å². The second kappa shape index (κ2) is 10.1. The summed E-state index contributed by atoms with van der Waals surface area (Å²) in [4.78, 5) is 21.0. The third-order valence-corrected chi connectivity index (χ3v) is 4.94. The minimum absolute atomic E-state index is 0. The number of rotatable bonds is 4. The molecular formula is C19H29IN4O2. The molecule has 1 aromatic rings. The Kier molecular flexibility index (Phi) is 8.15. The highest BCUT2D eigenvalue weighted by Gasteiger charge is 2.23. The highest BCUT2D eigenvalue weighted by molar-refractivity contribution is 14.0. The Bertz CT molecular complexity index is 632. The van der Waals surface area contributed by atoms with E-state index in [1.165, 1.54) is 5.56 Å². The van der Waals surface area contributed by atoms with E-state index < -0.39 is 0 Å². The van der Waals surface area contributed by atoms with Crippen LogP contribution in [0.25, 0.3) is 0 Å². The average molecular weight is 472 g/mol. The summed E-state index contributed by atoms with van der Waals surface area (Å²) in [6, 6.07) is 8.18. The largest absolute Gasteiger partial charge is 0.381 e. The van der Waals surface area contributed by atoms with Gasteiger partial charge in [0, 0.05) is 45.4 Å². The molecule has 1 saturated heterocycles. The monoisotopic (exact) mass is 472 g/mol. The van der Waals surface area contributed by atoms with Crippen LogP contribution in [0.2, 0.25) is 0 Å². The molecule has 1 amide bonds. The van der Waals surface area contributed by atoms with Crippen LogP contribution in [-0.2, 0) is 16.0 Å². The molecule has 26 heavy (non-hydrogen) atoms. The van der Waals surface area contributed by atoms with E-state index in [4.69, 9.17) is 4.74 Å². The lowest BCUT2D eigenvalue weighted by Gasteiger charge is -2.30. The fourth-order valence-electron chi connectivity index (χ4n) is 3.63. The summed E-state index contributed by atoms with van der Waals surface area (Å²) >= 11 is 0.